The fraction of sp³-hybridized carbons (Fsp3) is 0.214. The summed E-state index contributed by atoms with van der Waals surface area (Å²) in [5.41, 5.74) is 2.99. The van der Waals surface area contributed by atoms with E-state index >= 15 is 0 Å². The van der Waals surface area contributed by atoms with E-state index in [1.165, 1.54) is 5.39 Å². The molecule has 0 saturated carbocycles. The molecule has 3 nitrogen and oxygen atoms in total. The van der Waals surface area contributed by atoms with Gasteiger partial charge in [-0.3, -0.25) is 9.36 Å². The summed E-state index contributed by atoms with van der Waals surface area (Å²) in [4.78, 5) is 12.0. The molecule has 3 rings (SSSR count). The van der Waals surface area contributed by atoms with Gasteiger partial charge < -0.3 is 4.57 Å². The van der Waals surface area contributed by atoms with Gasteiger partial charge in [-0.05, 0) is 19.1 Å². The van der Waals surface area contributed by atoms with E-state index < -0.39 is 0 Å². The van der Waals surface area contributed by atoms with Crippen LogP contribution in [0.1, 0.15) is 5.56 Å². The Morgan fingerprint density at radius 1 is 1.00 bits per heavy atom. The Labute approximate surface area is 98.9 Å². The molecule has 0 N–H and O–H groups in total. The van der Waals surface area contributed by atoms with Gasteiger partial charge in [0.15, 0.2) is 0 Å². The van der Waals surface area contributed by atoms with Gasteiger partial charge in [-0.25, -0.2) is 0 Å². The molecule has 2 heterocycles. The molecule has 0 fully saturated rings. The Morgan fingerprint density at radius 2 is 1.71 bits per heavy atom. The minimum Gasteiger partial charge on any atom is -0.330 e. The summed E-state index contributed by atoms with van der Waals surface area (Å²) in [6, 6.07) is 10.2. The van der Waals surface area contributed by atoms with Gasteiger partial charge in [0.25, 0.3) is 5.56 Å². The van der Waals surface area contributed by atoms with Crippen molar-refractivity contribution >= 4 is 21.9 Å². The second-order valence-corrected chi connectivity index (χ2v) is 4.50. The monoisotopic (exact) mass is 226 g/mol. The van der Waals surface area contributed by atoms with E-state index in [9.17, 15) is 4.79 Å². The smallest absolute Gasteiger partial charge is 0.254 e. The molecule has 0 aliphatic rings. The Balaban J connectivity index is 2.72. The van der Waals surface area contributed by atoms with Gasteiger partial charge >= 0.3 is 0 Å². The van der Waals surface area contributed by atoms with Gasteiger partial charge in [0.2, 0.25) is 0 Å². The second kappa shape index (κ2) is 3.23. The van der Waals surface area contributed by atoms with E-state index in [2.05, 4.69) is 16.7 Å². The predicted octanol–water partition coefficient (Wildman–Crippen LogP) is 2.34. The summed E-state index contributed by atoms with van der Waals surface area (Å²) >= 11 is 0. The highest BCUT2D eigenvalue weighted by Crippen LogP contribution is 2.26. The van der Waals surface area contributed by atoms with Gasteiger partial charge in [-0.1, -0.05) is 18.2 Å². The Bertz CT molecular complexity index is 793. The molecule has 2 aromatic heterocycles. The molecule has 17 heavy (non-hydrogen) atoms. The normalized spacial score (nSPS) is 11.5. The van der Waals surface area contributed by atoms with Crippen molar-refractivity contribution in [2.75, 3.05) is 0 Å². The van der Waals surface area contributed by atoms with Crippen molar-refractivity contribution in [1.82, 2.24) is 9.13 Å². The number of nitrogens with zero attached hydrogens (tertiary/aromatic N) is 2. The van der Waals surface area contributed by atoms with E-state index in [4.69, 9.17) is 0 Å². The SMILES string of the molecule is Cc1cc2c3ccccc3n(C)c2n(C)c1=O. The second-order valence-electron chi connectivity index (χ2n) is 4.50. The molecular formula is C14H14N2O. The molecule has 0 radical (unpaired) electrons. The van der Waals surface area contributed by atoms with Crippen molar-refractivity contribution in [1.29, 1.82) is 0 Å². The maximum atomic E-state index is 12.0. The maximum absolute atomic E-state index is 12.0. The van der Waals surface area contributed by atoms with E-state index in [1.54, 1.807) is 4.57 Å². The highest BCUT2D eigenvalue weighted by Gasteiger charge is 2.11. The Kier molecular flexibility index (Phi) is 1.93. The van der Waals surface area contributed by atoms with E-state index in [0.29, 0.717) is 0 Å². The lowest BCUT2D eigenvalue weighted by molar-refractivity contribution is 0.837. The number of pyridine rings is 1. The third-order valence-electron chi connectivity index (χ3n) is 3.43. The quantitative estimate of drug-likeness (QED) is 0.578. The van der Waals surface area contributed by atoms with E-state index in [-0.39, 0.29) is 5.56 Å². The molecule has 1 aromatic carbocycles. The molecule has 0 aliphatic carbocycles. The van der Waals surface area contributed by atoms with E-state index in [0.717, 1.165) is 22.1 Å². The zero-order valence-electron chi connectivity index (χ0n) is 10.2. The fourth-order valence-electron chi connectivity index (χ4n) is 2.60. The number of aromatic nitrogens is 2. The summed E-state index contributed by atoms with van der Waals surface area (Å²) in [6.45, 7) is 1.86. The molecule has 0 amide bonds. The molecule has 0 unspecified atom stereocenters. The zero-order valence-corrected chi connectivity index (χ0v) is 10.2. The van der Waals surface area contributed by atoms with Crippen molar-refractivity contribution in [3.05, 3.63) is 46.2 Å². The molecule has 0 bridgehead atoms. The highest BCUT2D eigenvalue weighted by atomic mass is 16.1. The minimum absolute atomic E-state index is 0.0726. The van der Waals surface area contributed by atoms with Crippen molar-refractivity contribution in [3.8, 4) is 0 Å². The molecule has 3 heteroatoms. The predicted molar refractivity (Wildman–Crippen MR) is 70.4 cm³/mol. The minimum atomic E-state index is 0.0726. The van der Waals surface area contributed by atoms with Crippen LogP contribution in [0, 0.1) is 6.92 Å². The molecule has 0 aliphatic heterocycles. The van der Waals surface area contributed by atoms with Crippen LogP contribution in [-0.2, 0) is 14.1 Å². The lowest BCUT2D eigenvalue weighted by Gasteiger charge is -2.05. The average Bonchev–Trinajstić information content (AvgIpc) is 2.61. The summed E-state index contributed by atoms with van der Waals surface area (Å²) in [7, 11) is 3.83. The van der Waals surface area contributed by atoms with Crippen molar-refractivity contribution in [2.45, 2.75) is 6.92 Å². The lowest BCUT2D eigenvalue weighted by atomic mass is 10.1. The third-order valence-corrected chi connectivity index (χ3v) is 3.43. The number of benzene rings is 1. The topological polar surface area (TPSA) is 26.9 Å². The van der Waals surface area contributed by atoms with Gasteiger partial charge in [-0.15, -0.1) is 0 Å². The van der Waals surface area contributed by atoms with Crippen molar-refractivity contribution < 1.29 is 0 Å². The van der Waals surface area contributed by atoms with Crippen molar-refractivity contribution in [2.24, 2.45) is 14.1 Å². The molecular weight excluding hydrogens is 212 g/mol. The van der Waals surface area contributed by atoms with Crippen LogP contribution in [0.15, 0.2) is 35.1 Å². The molecule has 0 atom stereocenters. The summed E-state index contributed by atoms with van der Waals surface area (Å²) in [5.74, 6) is 0. The molecule has 3 aromatic rings. The van der Waals surface area contributed by atoms with Gasteiger partial charge in [0.1, 0.15) is 5.65 Å². The number of hydrogen-bond donors (Lipinski definition) is 0. The van der Waals surface area contributed by atoms with Crippen LogP contribution < -0.4 is 5.56 Å². The van der Waals surface area contributed by atoms with Crippen LogP contribution in [0.2, 0.25) is 0 Å². The number of para-hydroxylation sites is 1. The third kappa shape index (κ3) is 1.19. The summed E-state index contributed by atoms with van der Waals surface area (Å²) < 4.78 is 3.80. The fourth-order valence-corrected chi connectivity index (χ4v) is 2.60. The first-order chi connectivity index (χ1) is 8.11. The van der Waals surface area contributed by atoms with E-state index in [1.807, 2.05) is 39.2 Å². The number of aryl methyl sites for hydroxylation is 3. The first kappa shape index (κ1) is 10.1. The largest absolute Gasteiger partial charge is 0.330 e. The van der Waals surface area contributed by atoms with Crippen LogP contribution in [0.5, 0.6) is 0 Å². The number of rotatable bonds is 0. The summed E-state index contributed by atoms with van der Waals surface area (Å²) in [6.07, 6.45) is 0. The lowest BCUT2D eigenvalue weighted by Crippen LogP contribution is -2.20. The van der Waals surface area contributed by atoms with Crippen molar-refractivity contribution in [3.63, 3.8) is 0 Å². The summed E-state index contributed by atoms with van der Waals surface area (Å²) in [5, 5.41) is 2.34. The molecule has 86 valence electrons. The van der Waals surface area contributed by atoms with Gasteiger partial charge in [0.05, 0.1) is 5.52 Å². The maximum Gasteiger partial charge on any atom is 0.254 e. The highest BCUT2D eigenvalue weighted by molar-refractivity contribution is 6.06. The van der Waals surface area contributed by atoms with Crippen LogP contribution in [0.4, 0.5) is 0 Å². The van der Waals surface area contributed by atoms with Crippen LogP contribution >= 0.6 is 0 Å². The van der Waals surface area contributed by atoms with Crippen LogP contribution in [0.25, 0.3) is 21.9 Å². The first-order valence-corrected chi connectivity index (χ1v) is 5.65. The molecule has 0 saturated heterocycles. The Hall–Kier alpha value is -2.03. The van der Waals surface area contributed by atoms with Crippen LogP contribution in [-0.4, -0.2) is 9.13 Å². The number of fused-ring (bicyclic) bond motifs is 3. The average molecular weight is 226 g/mol. The first-order valence-electron chi connectivity index (χ1n) is 5.65. The zero-order chi connectivity index (χ0) is 12.2. The van der Waals surface area contributed by atoms with Crippen LogP contribution in [0.3, 0.4) is 0 Å². The number of hydrogen-bond acceptors (Lipinski definition) is 1. The van der Waals surface area contributed by atoms with Gasteiger partial charge in [-0.2, -0.15) is 0 Å². The van der Waals surface area contributed by atoms with Gasteiger partial charge in [0, 0.05) is 30.4 Å². The standard InChI is InChI=1S/C14H14N2O/c1-9-8-11-10-6-4-5-7-12(10)15(2)13(11)16(3)14(9)17/h4-8H,1-3H3. The Morgan fingerprint density at radius 3 is 2.47 bits per heavy atom. The molecule has 0 spiro atoms.